The number of halogens is 1. The summed E-state index contributed by atoms with van der Waals surface area (Å²) in [4.78, 5) is 7.63. The Morgan fingerprint density at radius 2 is 1.57 bits per heavy atom. The zero-order valence-electron chi connectivity index (χ0n) is 14.2. The smallest absolute Gasteiger partial charge is 0.123 e. The number of rotatable bonds is 5. The highest BCUT2D eigenvalue weighted by molar-refractivity contribution is 5.21. The average Bonchev–Trinajstić information content (AvgIpc) is 2.62. The van der Waals surface area contributed by atoms with Gasteiger partial charge in [0.2, 0.25) is 0 Å². The van der Waals surface area contributed by atoms with Gasteiger partial charge in [-0.25, -0.2) is 4.39 Å². The van der Waals surface area contributed by atoms with Gasteiger partial charge in [0.15, 0.2) is 0 Å². The molecule has 5 heteroatoms. The minimum absolute atomic E-state index is 0.149. The van der Waals surface area contributed by atoms with Crippen LogP contribution in [-0.2, 0) is 0 Å². The van der Waals surface area contributed by atoms with Gasteiger partial charge in [-0.2, -0.15) is 0 Å². The third kappa shape index (κ3) is 4.51. The van der Waals surface area contributed by atoms with Gasteiger partial charge in [0, 0.05) is 64.9 Å². The second-order valence-electron chi connectivity index (χ2n) is 6.59. The second kappa shape index (κ2) is 8.20. The molecule has 4 nitrogen and oxygen atoms in total. The number of nitrogens with zero attached hydrogens (tertiary/aromatic N) is 3. The number of nitrogens with one attached hydrogen (secondary N) is 1. The van der Waals surface area contributed by atoms with Gasteiger partial charge in [0.25, 0.3) is 0 Å². The Balaban J connectivity index is 1.68. The second-order valence-corrected chi connectivity index (χ2v) is 6.59. The third-order valence-corrected chi connectivity index (χ3v) is 5.19. The fourth-order valence-corrected chi connectivity index (χ4v) is 3.64. The van der Waals surface area contributed by atoms with E-state index in [1.165, 1.54) is 5.56 Å². The average molecular weight is 320 g/mol. The molecule has 0 amide bonds. The van der Waals surface area contributed by atoms with Crippen molar-refractivity contribution in [3.8, 4) is 0 Å². The molecule has 1 aromatic carbocycles. The van der Waals surface area contributed by atoms with Crippen LogP contribution in [0.3, 0.4) is 0 Å². The van der Waals surface area contributed by atoms with Crippen LogP contribution in [0.2, 0.25) is 0 Å². The first-order chi connectivity index (χ1) is 11.3. The van der Waals surface area contributed by atoms with Gasteiger partial charge in [0.1, 0.15) is 5.82 Å². The molecule has 0 spiro atoms. The van der Waals surface area contributed by atoms with Crippen molar-refractivity contribution >= 4 is 0 Å². The van der Waals surface area contributed by atoms with Crippen LogP contribution in [0.4, 0.5) is 4.39 Å². The molecule has 23 heavy (non-hydrogen) atoms. The molecule has 1 N–H and O–H groups in total. The van der Waals surface area contributed by atoms with Gasteiger partial charge in [0.05, 0.1) is 0 Å². The normalized spacial score (nSPS) is 23.0. The summed E-state index contributed by atoms with van der Waals surface area (Å²) in [5.41, 5.74) is 1.24. The highest BCUT2D eigenvalue weighted by atomic mass is 19.1. The predicted molar refractivity (Wildman–Crippen MR) is 92.1 cm³/mol. The summed E-state index contributed by atoms with van der Waals surface area (Å²) in [6, 6.07) is 7.49. The lowest BCUT2D eigenvalue weighted by Crippen LogP contribution is -2.51. The molecule has 1 atom stereocenters. The quantitative estimate of drug-likeness (QED) is 0.885. The van der Waals surface area contributed by atoms with Crippen molar-refractivity contribution in [2.75, 3.05) is 65.4 Å². The van der Waals surface area contributed by atoms with E-state index in [-0.39, 0.29) is 5.82 Å². The molecule has 0 aromatic heterocycles. The van der Waals surface area contributed by atoms with Gasteiger partial charge in [-0.3, -0.25) is 9.80 Å². The minimum atomic E-state index is -0.149. The molecule has 0 aliphatic carbocycles. The highest BCUT2D eigenvalue weighted by Gasteiger charge is 2.26. The molecule has 3 rings (SSSR count). The molecule has 1 aromatic rings. The Hall–Kier alpha value is -1.01. The number of hydrogen-bond donors (Lipinski definition) is 1. The van der Waals surface area contributed by atoms with Crippen LogP contribution < -0.4 is 5.32 Å². The van der Waals surface area contributed by atoms with E-state index in [4.69, 9.17) is 0 Å². The van der Waals surface area contributed by atoms with E-state index in [0.29, 0.717) is 6.04 Å². The molecular formula is C18H29FN4. The molecule has 2 heterocycles. The van der Waals surface area contributed by atoms with Crippen LogP contribution in [-0.4, -0.2) is 80.1 Å². The maximum absolute atomic E-state index is 13.3. The minimum Gasteiger partial charge on any atom is -0.314 e. The molecule has 2 aliphatic heterocycles. The Labute approximate surface area is 139 Å². The molecule has 1 unspecified atom stereocenters. The lowest BCUT2D eigenvalue weighted by molar-refractivity contribution is 0.0856. The van der Waals surface area contributed by atoms with Crippen LogP contribution in [0.5, 0.6) is 0 Å². The van der Waals surface area contributed by atoms with E-state index >= 15 is 0 Å². The van der Waals surface area contributed by atoms with E-state index < -0.39 is 0 Å². The summed E-state index contributed by atoms with van der Waals surface area (Å²) >= 11 is 0. The largest absolute Gasteiger partial charge is 0.314 e. The van der Waals surface area contributed by atoms with E-state index in [0.717, 1.165) is 65.4 Å². The van der Waals surface area contributed by atoms with Crippen molar-refractivity contribution < 1.29 is 4.39 Å². The topological polar surface area (TPSA) is 21.8 Å². The predicted octanol–water partition coefficient (Wildman–Crippen LogP) is 1.41. The summed E-state index contributed by atoms with van der Waals surface area (Å²) in [5, 5.41) is 3.43. The first-order valence-corrected chi connectivity index (χ1v) is 8.91. The van der Waals surface area contributed by atoms with Gasteiger partial charge < -0.3 is 10.2 Å². The van der Waals surface area contributed by atoms with Crippen LogP contribution in [0.15, 0.2) is 24.3 Å². The van der Waals surface area contributed by atoms with Crippen LogP contribution >= 0.6 is 0 Å². The zero-order valence-corrected chi connectivity index (χ0v) is 14.2. The lowest BCUT2D eigenvalue weighted by Gasteiger charge is -2.41. The van der Waals surface area contributed by atoms with Crippen LogP contribution in [0.1, 0.15) is 18.5 Å². The Kier molecular flexibility index (Phi) is 6.00. The lowest BCUT2D eigenvalue weighted by atomic mass is 10.0. The van der Waals surface area contributed by atoms with E-state index in [1.807, 2.05) is 12.1 Å². The Morgan fingerprint density at radius 1 is 0.957 bits per heavy atom. The summed E-state index contributed by atoms with van der Waals surface area (Å²) < 4.78 is 13.3. The monoisotopic (exact) mass is 320 g/mol. The molecule has 2 fully saturated rings. The Morgan fingerprint density at radius 3 is 2.17 bits per heavy atom. The van der Waals surface area contributed by atoms with E-state index in [2.05, 4.69) is 26.9 Å². The molecule has 2 aliphatic rings. The zero-order chi connectivity index (χ0) is 16.1. The summed E-state index contributed by atoms with van der Waals surface area (Å²) in [6.07, 6.45) is 0. The SMILES string of the molecule is CCN1CCN(CC(c2ccc(F)cc2)N2CCNCC2)CC1. The number of piperazine rings is 2. The number of benzene rings is 1. The fraction of sp³-hybridized carbons (Fsp3) is 0.667. The van der Waals surface area contributed by atoms with Gasteiger partial charge >= 0.3 is 0 Å². The first-order valence-electron chi connectivity index (χ1n) is 8.91. The van der Waals surface area contributed by atoms with Crippen molar-refractivity contribution in [2.24, 2.45) is 0 Å². The molecule has 0 saturated carbocycles. The molecular weight excluding hydrogens is 291 g/mol. The van der Waals surface area contributed by atoms with E-state index in [1.54, 1.807) is 12.1 Å². The van der Waals surface area contributed by atoms with Crippen molar-refractivity contribution in [1.82, 2.24) is 20.0 Å². The molecule has 0 radical (unpaired) electrons. The third-order valence-electron chi connectivity index (χ3n) is 5.19. The van der Waals surface area contributed by atoms with Crippen LogP contribution in [0.25, 0.3) is 0 Å². The molecule has 2 saturated heterocycles. The van der Waals surface area contributed by atoms with Crippen LogP contribution in [0, 0.1) is 5.82 Å². The summed E-state index contributed by atoms with van der Waals surface area (Å²) in [5.74, 6) is -0.149. The molecule has 0 bridgehead atoms. The summed E-state index contributed by atoms with van der Waals surface area (Å²) in [7, 11) is 0. The first kappa shape index (κ1) is 16.8. The maximum Gasteiger partial charge on any atom is 0.123 e. The highest BCUT2D eigenvalue weighted by Crippen LogP contribution is 2.23. The van der Waals surface area contributed by atoms with Crippen molar-refractivity contribution in [3.63, 3.8) is 0 Å². The van der Waals surface area contributed by atoms with Gasteiger partial charge in [-0.15, -0.1) is 0 Å². The Bertz CT molecular complexity index is 464. The summed E-state index contributed by atoms with van der Waals surface area (Å²) in [6.45, 7) is 13.2. The number of likely N-dealkylation sites (N-methyl/N-ethyl adjacent to an activating group) is 1. The van der Waals surface area contributed by atoms with Crippen molar-refractivity contribution in [1.29, 1.82) is 0 Å². The molecule has 128 valence electrons. The fourth-order valence-electron chi connectivity index (χ4n) is 3.64. The van der Waals surface area contributed by atoms with Gasteiger partial charge in [-0.1, -0.05) is 19.1 Å². The number of hydrogen-bond acceptors (Lipinski definition) is 4. The standard InChI is InChI=1S/C18H29FN4/c1-2-21-11-13-22(14-12-21)15-18(23-9-7-20-8-10-23)16-3-5-17(19)6-4-16/h3-6,18,20H,2,7-15H2,1H3. The van der Waals surface area contributed by atoms with Crippen molar-refractivity contribution in [3.05, 3.63) is 35.6 Å². The van der Waals surface area contributed by atoms with Gasteiger partial charge in [-0.05, 0) is 24.2 Å². The maximum atomic E-state index is 13.3. The van der Waals surface area contributed by atoms with Crippen molar-refractivity contribution in [2.45, 2.75) is 13.0 Å². The van der Waals surface area contributed by atoms with E-state index in [9.17, 15) is 4.39 Å².